The van der Waals surface area contributed by atoms with E-state index in [2.05, 4.69) is 4.52 Å². The van der Waals surface area contributed by atoms with E-state index in [1.165, 1.54) is 30.4 Å². The lowest BCUT2D eigenvalue weighted by molar-refractivity contribution is -0.139. The molecule has 2 rings (SSSR count). The van der Waals surface area contributed by atoms with E-state index in [0.717, 1.165) is 6.07 Å². The summed E-state index contributed by atoms with van der Waals surface area (Å²) in [4.78, 5) is 0. The Balaban J connectivity index is 2.10. The summed E-state index contributed by atoms with van der Waals surface area (Å²) < 4.78 is 74.4. The Morgan fingerprint density at radius 1 is 1.16 bits per heavy atom. The standard InChI is InChI=1S/C21H22F4NO4P/c22-18-6-2-1-4-16(18)5-3-11-29-19-8-7-15(12-17(19)21(23,24)25)9-10-20(26,13-27)14-30-31-28/h1-2,4,6-10,12,27H,3,5,11,13-14,26H2. The first-order valence-corrected chi connectivity index (χ1v) is 10.0. The first-order valence-electron chi connectivity index (χ1n) is 9.29. The molecule has 0 amide bonds. The molecule has 0 saturated carbocycles. The fraction of sp³-hybridized carbons (Fsp3) is 0.333. The Hall–Kier alpha value is -2.32. The molecule has 0 bridgehead atoms. The van der Waals surface area contributed by atoms with Crippen LogP contribution in [0.3, 0.4) is 0 Å². The van der Waals surface area contributed by atoms with Crippen molar-refractivity contribution in [3.8, 4) is 5.75 Å². The minimum absolute atomic E-state index is 0.0191. The highest BCUT2D eigenvalue weighted by Crippen LogP contribution is 2.37. The van der Waals surface area contributed by atoms with Crippen LogP contribution in [0.15, 0.2) is 48.5 Å². The van der Waals surface area contributed by atoms with Crippen molar-refractivity contribution in [1.82, 2.24) is 0 Å². The minimum atomic E-state index is -4.66. The number of aliphatic hydroxyl groups is 1. The van der Waals surface area contributed by atoms with Crippen LogP contribution >= 0.6 is 8.69 Å². The summed E-state index contributed by atoms with van der Waals surface area (Å²) in [6.07, 6.45) is -1.41. The van der Waals surface area contributed by atoms with Crippen LogP contribution in [0.4, 0.5) is 17.6 Å². The topological polar surface area (TPSA) is 81.8 Å². The van der Waals surface area contributed by atoms with Gasteiger partial charge in [0.15, 0.2) is 0 Å². The number of halogens is 4. The molecule has 0 aliphatic rings. The number of rotatable bonds is 11. The maximum atomic E-state index is 13.6. The van der Waals surface area contributed by atoms with Crippen LogP contribution in [0.5, 0.6) is 5.75 Å². The Labute approximate surface area is 178 Å². The number of ether oxygens (including phenoxy) is 1. The van der Waals surface area contributed by atoms with Crippen LogP contribution < -0.4 is 10.5 Å². The molecule has 3 N–H and O–H groups in total. The molecular weight excluding hydrogens is 437 g/mol. The maximum Gasteiger partial charge on any atom is 0.419 e. The monoisotopic (exact) mass is 459 g/mol. The van der Waals surface area contributed by atoms with Gasteiger partial charge >= 0.3 is 14.9 Å². The summed E-state index contributed by atoms with van der Waals surface area (Å²) in [5, 5.41) is 9.35. The number of aliphatic hydroxyl groups excluding tert-OH is 1. The quantitative estimate of drug-likeness (QED) is 0.287. The van der Waals surface area contributed by atoms with E-state index < -0.39 is 32.6 Å². The predicted octanol–water partition coefficient (Wildman–Crippen LogP) is 4.78. The van der Waals surface area contributed by atoms with Gasteiger partial charge in [0.25, 0.3) is 0 Å². The minimum Gasteiger partial charge on any atom is -0.493 e. The molecule has 5 nitrogen and oxygen atoms in total. The third kappa shape index (κ3) is 7.70. The van der Waals surface area contributed by atoms with E-state index in [9.17, 15) is 27.2 Å². The summed E-state index contributed by atoms with van der Waals surface area (Å²) in [5.41, 5.74) is 4.11. The molecule has 10 heteroatoms. The molecule has 0 aliphatic heterocycles. The lowest BCUT2D eigenvalue weighted by atomic mass is 10.0. The summed E-state index contributed by atoms with van der Waals surface area (Å²) in [7, 11) is -0.629. The Kier molecular flexibility index (Phi) is 9.13. The van der Waals surface area contributed by atoms with Gasteiger partial charge in [-0.25, -0.2) is 8.96 Å². The molecule has 0 spiro atoms. The van der Waals surface area contributed by atoms with Gasteiger partial charge in [-0.2, -0.15) is 13.2 Å². The van der Waals surface area contributed by atoms with Crippen molar-refractivity contribution in [2.75, 3.05) is 19.8 Å². The molecule has 0 fully saturated rings. The van der Waals surface area contributed by atoms with E-state index in [1.807, 2.05) is 0 Å². The molecule has 1 atom stereocenters. The molecule has 0 aliphatic carbocycles. The smallest absolute Gasteiger partial charge is 0.419 e. The fourth-order valence-corrected chi connectivity index (χ4v) is 2.99. The van der Waals surface area contributed by atoms with E-state index >= 15 is 0 Å². The van der Waals surface area contributed by atoms with Gasteiger partial charge in [-0.05, 0) is 42.2 Å². The predicted molar refractivity (Wildman–Crippen MR) is 108 cm³/mol. The van der Waals surface area contributed by atoms with Gasteiger partial charge in [0.2, 0.25) is 0 Å². The van der Waals surface area contributed by atoms with Crippen molar-refractivity contribution in [2.24, 2.45) is 5.73 Å². The number of hydrogen-bond donors (Lipinski definition) is 2. The van der Waals surface area contributed by atoms with Crippen LogP contribution in [0.1, 0.15) is 23.1 Å². The van der Waals surface area contributed by atoms with Gasteiger partial charge < -0.3 is 15.6 Å². The van der Waals surface area contributed by atoms with Gasteiger partial charge in [0.05, 0.1) is 30.9 Å². The van der Waals surface area contributed by atoms with Gasteiger partial charge in [-0.1, -0.05) is 36.4 Å². The van der Waals surface area contributed by atoms with Crippen molar-refractivity contribution in [3.05, 3.63) is 71.0 Å². The van der Waals surface area contributed by atoms with Gasteiger partial charge in [-0.15, -0.1) is 0 Å². The van der Waals surface area contributed by atoms with Crippen LogP contribution in [0.25, 0.3) is 6.08 Å². The molecular formula is C21H22F4NO4P. The number of hydrogen-bond acceptors (Lipinski definition) is 5. The van der Waals surface area contributed by atoms with Crippen LogP contribution in [-0.2, 0) is 21.7 Å². The zero-order valence-corrected chi connectivity index (χ0v) is 17.3. The maximum absolute atomic E-state index is 13.6. The van der Waals surface area contributed by atoms with Crippen LogP contribution in [0, 0.1) is 5.82 Å². The highest BCUT2D eigenvalue weighted by Gasteiger charge is 2.34. The summed E-state index contributed by atoms with van der Waals surface area (Å²) in [5.74, 6) is -0.707. The molecule has 1 unspecified atom stereocenters. The zero-order chi connectivity index (χ0) is 22.9. The molecule has 0 saturated heterocycles. The van der Waals surface area contributed by atoms with E-state index in [4.69, 9.17) is 10.5 Å². The van der Waals surface area contributed by atoms with E-state index in [-0.39, 0.29) is 30.3 Å². The van der Waals surface area contributed by atoms with Crippen LogP contribution in [-0.4, -0.2) is 30.5 Å². The Bertz CT molecular complexity index is 907. The third-order valence-electron chi connectivity index (χ3n) is 4.40. The van der Waals surface area contributed by atoms with Gasteiger partial charge in [0, 0.05) is 0 Å². The number of alkyl halides is 3. The van der Waals surface area contributed by atoms with E-state index in [1.54, 1.807) is 18.2 Å². The van der Waals surface area contributed by atoms with Crippen molar-refractivity contribution in [3.63, 3.8) is 0 Å². The van der Waals surface area contributed by atoms with Crippen molar-refractivity contribution < 1.29 is 36.5 Å². The molecule has 0 aromatic heterocycles. The molecule has 2 aromatic rings. The van der Waals surface area contributed by atoms with Crippen molar-refractivity contribution >= 4 is 14.8 Å². The molecule has 0 radical (unpaired) electrons. The normalized spacial score (nSPS) is 14.1. The highest BCUT2D eigenvalue weighted by molar-refractivity contribution is 7.17. The van der Waals surface area contributed by atoms with E-state index in [0.29, 0.717) is 18.4 Å². The lowest BCUT2D eigenvalue weighted by Crippen LogP contribution is -2.45. The first-order chi connectivity index (χ1) is 14.7. The third-order valence-corrected chi connectivity index (χ3v) is 4.64. The van der Waals surface area contributed by atoms with Crippen LogP contribution in [0.2, 0.25) is 0 Å². The average molecular weight is 459 g/mol. The lowest BCUT2D eigenvalue weighted by Gasteiger charge is -2.21. The summed E-state index contributed by atoms with van der Waals surface area (Å²) in [6, 6.07) is 9.68. The largest absolute Gasteiger partial charge is 0.493 e. The Morgan fingerprint density at radius 3 is 2.55 bits per heavy atom. The second-order valence-electron chi connectivity index (χ2n) is 6.87. The average Bonchev–Trinajstić information content (AvgIpc) is 2.74. The summed E-state index contributed by atoms with van der Waals surface area (Å²) in [6.45, 7) is -0.872. The fourth-order valence-electron chi connectivity index (χ4n) is 2.70. The van der Waals surface area contributed by atoms with Gasteiger partial charge in [0.1, 0.15) is 11.6 Å². The highest BCUT2D eigenvalue weighted by atomic mass is 31.1. The zero-order valence-electron chi connectivity index (χ0n) is 16.4. The summed E-state index contributed by atoms with van der Waals surface area (Å²) >= 11 is 0. The SMILES string of the molecule is NC(C=Cc1ccc(OCCCc2ccccc2F)c(C(F)(F)F)c1)(CO)COP=O. The molecule has 31 heavy (non-hydrogen) atoms. The first kappa shape index (κ1) is 24.9. The van der Waals surface area contributed by atoms with Crippen molar-refractivity contribution in [2.45, 2.75) is 24.6 Å². The molecule has 2 aromatic carbocycles. The second kappa shape index (κ2) is 11.3. The molecule has 0 heterocycles. The van der Waals surface area contributed by atoms with Crippen molar-refractivity contribution in [1.29, 1.82) is 0 Å². The Morgan fingerprint density at radius 2 is 1.90 bits per heavy atom. The second-order valence-corrected chi connectivity index (χ2v) is 7.28. The number of benzene rings is 2. The molecule has 168 valence electrons. The number of nitrogens with two attached hydrogens (primary N) is 1. The number of aryl methyl sites for hydroxylation is 1. The van der Waals surface area contributed by atoms with Gasteiger partial charge in [-0.3, -0.25) is 4.52 Å².